The van der Waals surface area contributed by atoms with Gasteiger partial charge >= 0.3 is 0 Å². The summed E-state index contributed by atoms with van der Waals surface area (Å²) < 4.78 is 0. The number of aryl methyl sites for hydroxylation is 1. The van der Waals surface area contributed by atoms with Crippen molar-refractivity contribution in [1.82, 2.24) is 10.3 Å². The number of likely N-dealkylation sites (N-methyl/N-ethyl adjacent to an activating group) is 1. The molecular weight excluding hydrogens is 208 g/mol. The van der Waals surface area contributed by atoms with Gasteiger partial charge in [0.1, 0.15) is 0 Å². The third-order valence-corrected chi connectivity index (χ3v) is 4.13. The van der Waals surface area contributed by atoms with Crippen LogP contribution in [0.25, 0.3) is 0 Å². The van der Waals surface area contributed by atoms with E-state index in [4.69, 9.17) is 0 Å². The van der Waals surface area contributed by atoms with Crippen molar-refractivity contribution in [3.8, 4) is 0 Å². The largest absolute Gasteiger partial charge is 0.316 e. The molecule has 1 N–H and O–H groups in total. The van der Waals surface area contributed by atoms with E-state index in [2.05, 4.69) is 43.3 Å². The summed E-state index contributed by atoms with van der Waals surface area (Å²) in [4.78, 5) is 4.61. The Kier molecular flexibility index (Phi) is 4.16. The number of nitrogens with one attached hydrogen (secondary N) is 1. The molecule has 94 valence electrons. The monoisotopic (exact) mass is 232 g/mol. The number of nitrogens with zero attached hydrogens (tertiary/aromatic N) is 1. The zero-order chi connectivity index (χ0) is 12.3. The zero-order valence-electron chi connectivity index (χ0n) is 11.2. The van der Waals surface area contributed by atoms with Crippen LogP contribution >= 0.6 is 0 Å². The Morgan fingerprint density at radius 1 is 1.53 bits per heavy atom. The quantitative estimate of drug-likeness (QED) is 0.843. The first kappa shape index (κ1) is 12.6. The molecule has 0 fully saturated rings. The number of pyridine rings is 1. The number of hydrogen-bond donors (Lipinski definition) is 1. The maximum Gasteiger partial charge on any atom is 0.0482 e. The maximum absolute atomic E-state index is 4.61. The fourth-order valence-electron chi connectivity index (χ4n) is 3.31. The molecule has 1 aromatic heterocycles. The molecule has 0 spiro atoms. The van der Waals surface area contributed by atoms with Crippen LogP contribution in [0.5, 0.6) is 0 Å². The SMILES string of the molecule is CCCC(C)C(NC)C1CCc2cccnc21. The molecule has 17 heavy (non-hydrogen) atoms. The van der Waals surface area contributed by atoms with E-state index in [1.165, 1.54) is 36.9 Å². The molecule has 0 aliphatic heterocycles. The molecule has 1 aromatic rings. The molecule has 3 unspecified atom stereocenters. The van der Waals surface area contributed by atoms with Gasteiger partial charge in [-0.2, -0.15) is 0 Å². The first-order valence-electron chi connectivity index (χ1n) is 6.89. The van der Waals surface area contributed by atoms with E-state index in [-0.39, 0.29) is 0 Å². The maximum atomic E-state index is 4.61. The van der Waals surface area contributed by atoms with E-state index in [1.807, 2.05) is 6.20 Å². The van der Waals surface area contributed by atoms with Gasteiger partial charge in [0, 0.05) is 23.9 Å². The molecule has 0 saturated carbocycles. The molecule has 0 bridgehead atoms. The van der Waals surface area contributed by atoms with Crippen molar-refractivity contribution in [2.24, 2.45) is 5.92 Å². The van der Waals surface area contributed by atoms with E-state index in [0.717, 1.165) is 5.92 Å². The van der Waals surface area contributed by atoms with Crippen molar-refractivity contribution in [3.05, 3.63) is 29.6 Å². The first-order chi connectivity index (χ1) is 8.27. The minimum absolute atomic E-state index is 0.575. The van der Waals surface area contributed by atoms with Crippen molar-refractivity contribution in [2.45, 2.75) is 51.5 Å². The van der Waals surface area contributed by atoms with Crippen LogP contribution in [0, 0.1) is 5.92 Å². The molecule has 1 aliphatic carbocycles. The number of rotatable bonds is 5. The summed E-state index contributed by atoms with van der Waals surface area (Å²) in [5, 5.41) is 3.53. The van der Waals surface area contributed by atoms with Crippen LogP contribution in [0.1, 0.15) is 50.3 Å². The lowest BCUT2D eigenvalue weighted by Crippen LogP contribution is -2.37. The van der Waals surface area contributed by atoms with E-state index in [0.29, 0.717) is 12.0 Å². The highest BCUT2D eigenvalue weighted by Crippen LogP contribution is 2.36. The number of aromatic nitrogens is 1. The summed E-state index contributed by atoms with van der Waals surface area (Å²) in [6.45, 7) is 4.63. The lowest BCUT2D eigenvalue weighted by atomic mass is 9.85. The van der Waals surface area contributed by atoms with Crippen molar-refractivity contribution in [3.63, 3.8) is 0 Å². The minimum atomic E-state index is 0.575. The van der Waals surface area contributed by atoms with Gasteiger partial charge in [0.25, 0.3) is 0 Å². The molecule has 2 nitrogen and oxygen atoms in total. The fourth-order valence-corrected chi connectivity index (χ4v) is 3.31. The molecule has 0 amide bonds. The normalized spacial score (nSPS) is 22.2. The van der Waals surface area contributed by atoms with Crippen molar-refractivity contribution >= 4 is 0 Å². The standard InChI is InChI=1S/C15H24N2/c1-4-6-11(2)14(16-3)13-9-8-12-7-5-10-17-15(12)13/h5,7,10-11,13-14,16H,4,6,8-9H2,1-3H3. The van der Waals surface area contributed by atoms with E-state index in [1.54, 1.807) is 0 Å². The van der Waals surface area contributed by atoms with Crippen LogP contribution in [0.2, 0.25) is 0 Å². The van der Waals surface area contributed by atoms with Gasteiger partial charge in [0.2, 0.25) is 0 Å². The van der Waals surface area contributed by atoms with Gasteiger partial charge in [-0.3, -0.25) is 4.98 Å². The lowest BCUT2D eigenvalue weighted by molar-refractivity contribution is 0.319. The van der Waals surface area contributed by atoms with Gasteiger partial charge in [0.15, 0.2) is 0 Å². The van der Waals surface area contributed by atoms with Crippen LogP contribution < -0.4 is 5.32 Å². The average molecular weight is 232 g/mol. The second kappa shape index (κ2) is 5.63. The topological polar surface area (TPSA) is 24.9 Å². The van der Waals surface area contributed by atoms with E-state index >= 15 is 0 Å². The van der Waals surface area contributed by atoms with Gasteiger partial charge in [-0.15, -0.1) is 0 Å². The second-order valence-corrected chi connectivity index (χ2v) is 5.27. The highest BCUT2D eigenvalue weighted by Gasteiger charge is 2.32. The molecule has 3 atom stereocenters. The average Bonchev–Trinajstić information content (AvgIpc) is 2.75. The molecule has 0 aromatic carbocycles. The fraction of sp³-hybridized carbons (Fsp3) is 0.667. The Morgan fingerprint density at radius 3 is 3.06 bits per heavy atom. The summed E-state index contributed by atoms with van der Waals surface area (Å²) in [5.74, 6) is 1.33. The predicted molar refractivity (Wildman–Crippen MR) is 72.2 cm³/mol. The molecule has 1 heterocycles. The molecule has 2 heteroatoms. The van der Waals surface area contributed by atoms with Crippen molar-refractivity contribution < 1.29 is 0 Å². The molecule has 2 rings (SSSR count). The third-order valence-electron chi connectivity index (χ3n) is 4.13. The lowest BCUT2D eigenvalue weighted by Gasteiger charge is -2.29. The van der Waals surface area contributed by atoms with Gasteiger partial charge in [-0.1, -0.05) is 26.3 Å². The van der Waals surface area contributed by atoms with Crippen LogP contribution in [0.4, 0.5) is 0 Å². The van der Waals surface area contributed by atoms with Crippen LogP contribution in [-0.2, 0) is 6.42 Å². The summed E-state index contributed by atoms with van der Waals surface area (Å²) >= 11 is 0. The summed E-state index contributed by atoms with van der Waals surface area (Å²) in [6, 6.07) is 4.87. The summed E-state index contributed by atoms with van der Waals surface area (Å²) in [7, 11) is 2.10. The molecule has 0 radical (unpaired) electrons. The summed E-state index contributed by atoms with van der Waals surface area (Å²) in [5.41, 5.74) is 2.80. The van der Waals surface area contributed by atoms with E-state index < -0.39 is 0 Å². The molecular formula is C15H24N2. The minimum Gasteiger partial charge on any atom is -0.316 e. The molecule has 1 aliphatic rings. The summed E-state index contributed by atoms with van der Waals surface area (Å²) in [6.07, 6.45) is 6.95. The van der Waals surface area contributed by atoms with Gasteiger partial charge < -0.3 is 5.32 Å². The van der Waals surface area contributed by atoms with Gasteiger partial charge in [-0.25, -0.2) is 0 Å². The second-order valence-electron chi connectivity index (χ2n) is 5.27. The Bertz CT molecular complexity index is 362. The number of fused-ring (bicyclic) bond motifs is 1. The Morgan fingerprint density at radius 2 is 2.35 bits per heavy atom. The molecule has 0 saturated heterocycles. The Hall–Kier alpha value is -0.890. The van der Waals surface area contributed by atoms with Gasteiger partial charge in [0.05, 0.1) is 0 Å². The number of hydrogen-bond acceptors (Lipinski definition) is 2. The van der Waals surface area contributed by atoms with Gasteiger partial charge in [-0.05, 0) is 43.9 Å². The van der Waals surface area contributed by atoms with Crippen LogP contribution in [0.3, 0.4) is 0 Å². The van der Waals surface area contributed by atoms with E-state index in [9.17, 15) is 0 Å². The first-order valence-corrected chi connectivity index (χ1v) is 6.89. The van der Waals surface area contributed by atoms with Crippen molar-refractivity contribution in [1.29, 1.82) is 0 Å². The highest BCUT2D eigenvalue weighted by atomic mass is 14.9. The van der Waals surface area contributed by atoms with Crippen LogP contribution in [-0.4, -0.2) is 18.1 Å². The Balaban J connectivity index is 2.17. The Labute approximate surface area is 105 Å². The predicted octanol–water partition coefficient (Wildman–Crippen LogP) is 3.14. The van der Waals surface area contributed by atoms with Crippen molar-refractivity contribution in [2.75, 3.05) is 7.05 Å². The zero-order valence-corrected chi connectivity index (χ0v) is 11.2. The van der Waals surface area contributed by atoms with Crippen LogP contribution in [0.15, 0.2) is 18.3 Å². The smallest absolute Gasteiger partial charge is 0.0482 e. The highest BCUT2D eigenvalue weighted by molar-refractivity contribution is 5.30. The third kappa shape index (κ3) is 2.52.